The van der Waals surface area contributed by atoms with Gasteiger partial charge < -0.3 is 19.9 Å². The highest BCUT2D eigenvalue weighted by molar-refractivity contribution is 5.80. The fraction of sp³-hybridized carbons (Fsp3) is 0.818. The van der Waals surface area contributed by atoms with Crippen LogP contribution in [0.4, 0.5) is 4.79 Å². The SMILES string of the molecule is COC(=O)N[C@@H](C(=O)O)C1C[C@H]2CC[C@@H](C1)O2. The quantitative estimate of drug-likeness (QED) is 0.764. The summed E-state index contributed by atoms with van der Waals surface area (Å²) in [6.07, 6.45) is 2.98. The Morgan fingerprint density at radius 2 is 1.94 bits per heavy atom. The Bertz CT molecular complexity index is 307. The molecular formula is C11H17NO5. The molecule has 0 aromatic carbocycles. The van der Waals surface area contributed by atoms with Crippen molar-refractivity contribution in [1.29, 1.82) is 0 Å². The molecule has 2 aliphatic heterocycles. The summed E-state index contributed by atoms with van der Waals surface area (Å²) >= 11 is 0. The molecule has 2 saturated heterocycles. The van der Waals surface area contributed by atoms with Crippen molar-refractivity contribution < 1.29 is 24.2 Å². The molecule has 2 heterocycles. The average molecular weight is 243 g/mol. The Kier molecular flexibility index (Phi) is 3.51. The number of carboxylic acid groups (broad SMARTS) is 1. The van der Waals surface area contributed by atoms with Crippen molar-refractivity contribution in [2.45, 2.75) is 43.9 Å². The van der Waals surface area contributed by atoms with Crippen LogP contribution < -0.4 is 5.32 Å². The number of methoxy groups -OCH3 is 1. The maximum atomic E-state index is 11.2. The van der Waals surface area contributed by atoms with E-state index in [4.69, 9.17) is 9.84 Å². The number of hydrogen-bond acceptors (Lipinski definition) is 4. The lowest BCUT2D eigenvalue weighted by Crippen LogP contribution is -2.48. The summed E-state index contributed by atoms with van der Waals surface area (Å²) < 4.78 is 10.1. The van der Waals surface area contributed by atoms with Gasteiger partial charge in [-0.25, -0.2) is 9.59 Å². The number of ether oxygens (including phenoxy) is 2. The predicted octanol–water partition coefficient (Wildman–Crippen LogP) is 0.753. The number of hydrogen-bond donors (Lipinski definition) is 2. The third-order valence-electron chi connectivity index (χ3n) is 3.52. The number of carbonyl (C=O) groups is 2. The zero-order chi connectivity index (χ0) is 12.4. The summed E-state index contributed by atoms with van der Waals surface area (Å²) in [6.45, 7) is 0. The van der Waals surface area contributed by atoms with Crippen LogP contribution in [0.3, 0.4) is 0 Å². The van der Waals surface area contributed by atoms with Crippen molar-refractivity contribution in [1.82, 2.24) is 5.32 Å². The largest absolute Gasteiger partial charge is 0.480 e. The van der Waals surface area contributed by atoms with E-state index in [0.717, 1.165) is 12.8 Å². The molecule has 6 nitrogen and oxygen atoms in total. The van der Waals surface area contributed by atoms with E-state index in [1.807, 2.05) is 0 Å². The molecule has 2 bridgehead atoms. The van der Waals surface area contributed by atoms with Gasteiger partial charge in [-0.2, -0.15) is 0 Å². The number of nitrogens with one attached hydrogen (secondary N) is 1. The first-order chi connectivity index (χ1) is 8.10. The van der Waals surface area contributed by atoms with E-state index in [1.165, 1.54) is 7.11 Å². The normalized spacial score (nSPS) is 32.9. The Balaban J connectivity index is 2.01. The molecule has 96 valence electrons. The Morgan fingerprint density at radius 1 is 1.35 bits per heavy atom. The summed E-state index contributed by atoms with van der Waals surface area (Å²) in [6, 6.07) is -0.880. The Labute approximate surface area is 99.3 Å². The fourth-order valence-electron chi connectivity index (χ4n) is 2.74. The second-order valence-electron chi connectivity index (χ2n) is 4.64. The molecule has 1 unspecified atom stereocenters. The summed E-state index contributed by atoms with van der Waals surface area (Å²) in [5.41, 5.74) is 0. The number of carbonyl (C=O) groups excluding carboxylic acids is 1. The highest BCUT2D eigenvalue weighted by Crippen LogP contribution is 2.37. The fourth-order valence-corrected chi connectivity index (χ4v) is 2.74. The van der Waals surface area contributed by atoms with Crippen molar-refractivity contribution in [3.8, 4) is 0 Å². The van der Waals surface area contributed by atoms with Crippen LogP contribution in [-0.2, 0) is 14.3 Å². The molecule has 0 saturated carbocycles. The molecule has 2 rings (SSSR count). The molecule has 17 heavy (non-hydrogen) atoms. The van der Waals surface area contributed by atoms with E-state index in [0.29, 0.717) is 12.8 Å². The standard InChI is InChI=1S/C11H17NO5/c1-16-11(15)12-9(10(13)14)6-4-7-2-3-8(5-6)17-7/h6-9H,2-5H2,1H3,(H,12,15)(H,13,14)/t6?,7-,8+,9-/m1/s1. The van der Waals surface area contributed by atoms with Gasteiger partial charge in [0.15, 0.2) is 0 Å². The second-order valence-corrected chi connectivity index (χ2v) is 4.64. The first kappa shape index (κ1) is 12.2. The lowest BCUT2D eigenvalue weighted by atomic mass is 9.88. The average Bonchev–Trinajstić information content (AvgIpc) is 2.64. The second kappa shape index (κ2) is 4.91. The van der Waals surface area contributed by atoms with Crippen LogP contribution in [0.15, 0.2) is 0 Å². The monoisotopic (exact) mass is 243 g/mol. The van der Waals surface area contributed by atoms with Gasteiger partial charge in [0.05, 0.1) is 19.3 Å². The maximum absolute atomic E-state index is 11.2. The number of amides is 1. The minimum Gasteiger partial charge on any atom is -0.480 e. The van der Waals surface area contributed by atoms with Gasteiger partial charge in [-0.3, -0.25) is 0 Å². The molecule has 0 aromatic heterocycles. The van der Waals surface area contributed by atoms with E-state index in [-0.39, 0.29) is 18.1 Å². The van der Waals surface area contributed by atoms with Gasteiger partial charge in [0.25, 0.3) is 0 Å². The number of fused-ring (bicyclic) bond motifs is 2. The molecule has 0 spiro atoms. The van der Waals surface area contributed by atoms with Gasteiger partial charge in [-0.15, -0.1) is 0 Å². The molecule has 2 fully saturated rings. The maximum Gasteiger partial charge on any atom is 0.407 e. The molecule has 0 aromatic rings. The van der Waals surface area contributed by atoms with Gasteiger partial charge >= 0.3 is 12.1 Å². The molecule has 0 radical (unpaired) electrons. The van der Waals surface area contributed by atoms with E-state index >= 15 is 0 Å². The summed E-state index contributed by atoms with van der Waals surface area (Å²) in [4.78, 5) is 22.3. The topological polar surface area (TPSA) is 84.9 Å². The summed E-state index contributed by atoms with van der Waals surface area (Å²) in [7, 11) is 1.22. The summed E-state index contributed by atoms with van der Waals surface area (Å²) in [5, 5.41) is 11.5. The van der Waals surface area contributed by atoms with Crippen molar-refractivity contribution in [3.63, 3.8) is 0 Å². The first-order valence-corrected chi connectivity index (χ1v) is 5.83. The Hall–Kier alpha value is -1.30. The molecular weight excluding hydrogens is 226 g/mol. The minimum atomic E-state index is -1.01. The zero-order valence-corrected chi connectivity index (χ0v) is 9.72. The van der Waals surface area contributed by atoms with Gasteiger partial charge in [-0.1, -0.05) is 0 Å². The van der Waals surface area contributed by atoms with Crippen LogP contribution in [0.1, 0.15) is 25.7 Å². The smallest absolute Gasteiger partial charge is 0.407 e. The van der Waals surface area contributed by atoms with Crippen LogP contribution in [0.5, 0.6) is 0 Å². The molecule has 2 aliphatic rings. The van der Waals surface area contributed by atoms with Crippen LogP contribution in [-0.4, -0.2) is 42.5 Å². The Morgan fingerprint density at radius 3 is 2.41 bits per heavy atom. The first-order valence-electron chi connectivity index (χ1n) is 5.83. The third-order valence-corrected chi connectivity index (χ3v) is 3.52. The van der Waals surface area contributed by atoms with E-state index in [1.54, 1.807) is 0 Å². The highest BCUT2D eigenvalue weighted by atomic mass is 16.5. The minimum absolute atomic E-state index is 0.0714. The highest BCUT2D eigenvalue weighted by Gasteiger charge is 2.41. The van der Waals surface area contributed by atoms with Gasteiger partial charge in [-0.05, 0) is 31.6 Å². The van der Waals surface area contributed by atoms with Crippen LogP contribution >= 0.6 is 0 Å². The van der Waals surface area contributed by atoms with Crippen molar-refractivity contribution in [3.05, 3.63) is 0 Å². The lowest BCUT2D eigenvalue weighted by molar-refractivity contribution is -0.142. The van der Waals surface area contributed by atoms with Crippen LogP contribution in [0.2, 0.25) is 0 Å². The lowest BCUT2D eigenvalue weighted by Gasteiger charge is -2.32. The summed E-state index contributed by atoms with van der Waals surface area (Å²) in [5.74, 6) is -1.08. The van der Waals surface area contributed by atoms with E-state index < -0.39 is 18.1 Å². The van der Waals surface area contributed by atoms with Gasteiger partial charge in [0.1, 0.15) is 6.04 Å². The predicted molar refractivity (Wildman–Crippen MR) is 57.6 cm³/mol. The van der Waals surface area contributed by atoms with Crippen molar-refractivity contribution in [2.75, 3.05) is 7.11 Å². The van der Waals surface area contributed by atoms with Crippen molar-refractivity contribution in [2.24, 2.45) is 5.92 Å². The number of aliphatic carboxylic acids is 1. The van der Waals surface area contributed by atoms with Gasteiger partial charge in [0.2, 0.25) is 0 Å². The molecule has 2 N–H and O–H groups in total. The zero-order valence-electron chi connectivity index (χ0n) is 9.72. The number of carboxylic acids is 1. The third kappa shape index (κ3) is 2.69. The van der Waals surface area contributed by atoms with E-state index in [2.05, 4.69) is 10.1 Å². The number of rotatable bonds is 3. The van der Waals surface area contributed by atoms with Crippen molar-refractivity contribution >= 4 is 12.1 Å². The number of alkyl carbamates (subject to hydrolysis) is 1. The molecule has 1 amide bonds. The molecule has 6 heteroatoms. The molecule has 4 atom stereocenters. The van der Waals surface area contributed by atoms with Crippen LogP contribution in [0, 0.1) is 5.92 Å². The van der Waals surface area contributed by atoms with E-state index in [9.17, 15) is 9.59 Å². The van der Waals surface area contributed by atoms with Crippen LogP contribution in [0.25, 0.3) is 0 Å². The van der Waals surface area contributed by atoms with Gasteiger partial charge in [0, 0.05) is 0 Å². The molecule has 0 aliphatic carbocycles.